The Kier molecular flexibility index (Phi) is 6.82. The van der Waals surface area contributed by atoms with Gasteiger partial charge < -0.3 is 10.1 Å². The minimum atomic E-state index is -3.61. The third-order valence-corrected chi connectivity index (χ3v) is 6.45. The van der Waals surface area contributed by atoms with E-state index in [0.29, 0.717) is 16.6 Å². The zero-order valence-corrected chi connectivity index (χ0v) is 15.4. The Bertz CT molecular complexity index is 647. The number of esters is 1. The molecule has 1 saturated heterocycles. The topological polar surface area (TPSA) is 75.7 Å². The molecule has 0 aliphatic carbocycles. The molecule has 1 aromatic rings. The Morgan fingerprint density at radius 1 is 1.45 bits per heavy atom. The quantitative estimate of drug-likeness (QED) is 0.760. The summed E-state index contributed by atoms with van der Waals surface area (Å²) in [6.45, 7) is 1.46. The smallest absolute Gasteiger partial charge is 0.337 e. The molecule has 2 rings (SSSR count). The molecule has 1 heterocycles. The molecular formula is C13H18BrClN2O4S. The molecule has 9 heteroatoms. The SMILES string of the molecule is COC(=O)c1ccc(S(=O)(=O)N(C)C2CCNC2)c(Br)c1.Cl. The van der Waals surface area contributed by atoms with E-state index in [-0.39, 0.29) is 23.3 Å². The number of hydrogen-bond donors (Lipinski definition) is 1. The van der Waals surface area contributed by atoms with Gasteiger partial charge >= 0.3 is 5.97 Å². The minimum absolute atomic E-state index is 0. The van der Waals surface area contributed by atoms with Crippen molar-refractivity contribution in [3.8, 4) is 0 Å². The molecular weight excluding hydrogens is 396 g/mol. The van der Waals surface area contributed by atoms with Crippen LogP contribution in [0.3, 0.4) is 0 Å². The average molecular weight is 414 g/mol. The standard InChI is InChI=1S/C13H17BrN2O4S.ClH/c1-16(10-5-6-15-8-10)21(18,19)12-4-3-9(7-11(12)14)13(17)20-2;/h3-4,7,10,15H,5-6,8H2,1-2H3;1H. The predicted octanol–water partition coefficient (Wildman–Crippen LogP) is 1.64. The maximum Gasteiger partial charge on any atom is 0.337 e. The summed E-state index contributed by atoms with van der Waals surface area (Å²) in [5.74, 6) is -0.506. The summed E-state index contributed by atoms with van der Waals surface area (Å²) in [4.78, 5) is 11.6. The van der Waals surface area contributed by atoms with E-state index in [2.05, 4.69) is 26.0 Å². The summed E-state index contributed by atoms with van der Waals surface area (Å²) in [7, 11) is -0.751. The van der Waals surface area contributed by atoms with Gasteiger partial charge in [-0.3, -0.25) is 0 Å². The van der Waals surface area contributed by atoms with E-state index in [4.69, 9.17) is 0 Å². The lowest BCUT2D eigenvalue weighted by Crippen LogP contribution is -2.38. The second-order valence-corrected chi connectivity index (χ2v) is 7.62. The van der Waals surface area contributed by atoms with Crippen molar-refractivity contribution >= 4 is 44.3 Å². The van der Waals surface area contributed by atoms with Crippen molar-refractivity contribution in [3.63, 3.8) is 0 Å². The molecule has 124 valence electrons. The van der Waals surface area contributed by atoms with Gasteiger partial charge in [0.25, 0.3) is 0 Å². The van der Waals surface area contributed by atoms with Crippen molar-refractivity contribution in [2.24, 2.45) is 0 Å². The van der Waals surface area contributed by atoms with Crippen LogP contribution in [-0.4, -0.2) is 52.0 Å². The summed E-state index contributed by atoms with van der Waals surface area (Å²) in [5, 5.41) is 3.14. The monoisotopic (exact) mass is 412 g/mol. The molecule has 22 heavy (non-hydrogen) atoms. The summed E-state index contributed by atoms with van der Waals surface area (Å²) in [6, 6.07) is 4.27. The fourth-order valence-corrected chi connectivity index (χ4v) is 4.68. The molecule has 1 fully saturated rings. The van der Waals surface area contributed by atoms with Crippen molar-refractivity contribution in [1.82, 2.24) is 9.62 Å². The molecule has 0 spiro atoms. The van der Waals surface area contributed by atoms with Crippen LogP contribution in [-0.2, 0) is 14.8 Å². The highest BCUT2D eigenvalue weighted by molar-refractivity contribution is 9.10. The lowest BCUT2D eigenvalue weighted by atomic mass is 10.2. The first-order chi connectivity index (χ1) is 9.87. The fourth-order valence-electron chi connectivity index (χ4n) is 2.26. The lowest BCUT2D eigenvalue weighted by molar-refractivity contribution is 0.0600. The van der Waals surface area contributed by atoms with Crippen LogP contribution in [0.4, 0.5) is 0 Å². The number of ether oxygens (including phenoxy) is 1. The van der Waals surface area contributed by atoms with Gasteiger partial charge in [0.1, 0.15) is 0 Å². The third-order valence-electron chi connectivity index (χ3n) is 3.56. The van der Waals surface area contributed by atoms with E-state index in [9.17, 15) is 13.2 Å². The maximum atomic E-state index is 12.6. The van der Waals surface area contributed by atoms with E-state index in [1.165, 1.54) is 29.6 Å². The predicted molar refractivity (Wildman–Crippen MR) is 89.0 cm³/mol. The van der Waals surface area contributed by atoms with Crippen LogP contribution in [0.25, 0.3) is 0 Å². The van der Waals surface area contributed by atoms with E-state index in [1.807, 2.05) is 0 Å². The molecule has 1 atom stereocenters. The Hall–Kier alpha value is -0.670. The molecule has 1 aliphatic rings. The number of benzene rings is 1. The van der Waals surface area contributed by atoms with Crippen LogP contribution in [0.2, 0.25) is 0 Å². The van der Waals surface area contributed by atoms with Crippen molar-refractivity contribution in [2.75, 3.05) is 27.2 Å². The molecule has 0 bridgehead atoms. The Morgan fingerprint density at radius 2 is 2.14 bits per heavy atom. The molecule has 1 aliphatic heterocycles. The highest BCUT2D eigenvalue weighted by Crippen LogP contribution is 2.27. The number of sulfonamides is 1. The highest BCUT2D eigenvalue weighted by Gasteiger charge is 2.31. The molecule has 0 aromatic heterocycles. The summed E-state index contributed by atoms with van der Waals surface area (Å²) in [5.41, 5.74) is 0.300. The van der Waals surface area contributed by atoms with Crippen LogP contribution >= 0.6 is 28.3 Å². The first-order valence-corrected chi connectivity index (χ1v) is 8.68. The lowest BCUT2D eigenvalue weighted by Gasteiger charge is -2.23. The molecule has 0 amide bonds. The molecule has 1 unspecified atom stereocenters. The number of methoxy groups -OCH3 is 1. The van der Waals surface area contributed by atoms with Crippen molar-refractivity contribution < 1.29 is 17.9 Å². The number of nitrogens with zero attached hydrogens (tertiary/aromatic N) is 1. The van der Waals surface area contributed by atoms with Crippen molar-refractivity contribution in [3.05, 3.63) is 28.2 Å². The van der Waals surface area contributed by atoms with Gasteiger partial charge in [-0.25, -0.2) is 13.2 Å². The van der Waals surface area contributed by atoms with E-state index in [1.54, 1.807) is 7.05 Å². The van der Waals surface area contributed by atoms with Gasteiger partial charge in [-0.2, -0.15) is 4.31 Å². The van der Waals surface area contributed by atoms with Crippen molar-refractivity contribution in [2.45, 2.75) is 17.4 Å². The minimum Gasteiger partial charge on any atom is -0.465 e. The van der Waals surface area contributed by atoms with Gasteiger partial charge in [0.15, 0.2) is 0 Å². The number of carbonyl (C=O) groups is 1. The summed E-state index contributed by atoms with van der Waals surface area (Å²) < 4.78 is 31.6. The van der Waals surface area contributed by atoms with E-state index >= 15 is 0 Å². The Labute approximate surface area is 144 Å². The molecule has 1 aromatic carbocycles. The number of nitrogens with one attached hydrogen (secondary N) is 1. The average Bonchev–Trinajstić information content (AvgIpc) is 2.99. The third kappa shape index (κ3) is 3.80. The van der Waals surface area contributed by atoms with E-state index < -0.39 is 16.0 Å². The summed E-state index contributed by atoms with van der Waals surface area (Å²) >= 11 is 3.23. The number of rotatable bonds is 4. The van der Waals surface area contributed by atoms with Crippen LogP contribution in [0, 0.1) is 0 Å². The molecule has 1 N–H and O–H groups in total. The van der Waals surface area contributed by atoms with Gasteiger partial charge in [-0.05, 0) is 47.1 Å². The number of likely N-dealkylation sites (N-methyl/N-ethyl adjacent to an activating group) is 1. The largest absolute Gasteiger partial charge is 0.465 e. The van der Waals surface area contributed by atoms with E-state index in [0.717, 1.165) is 13.0 Å². The van der Waals surface area contributed by atoms with Gasteiger partial charge in [0.2, 0.25) is 10.0 Å². The molecule has 0 saturated carbocycles. The molecule has 6 nitrogen and oxygen atoms in total. The van der Waals surface area contributed by atoms with Gasteiger partial charge in [0.05, 0.1) is 17.6 Å². The zero-order chi connectivity index (χ0) is 15.6. The highest BCUT2D eigenvalue weighted by atomic mass is 79.9. The maximum absolute atomic E-state index is 12.6. The van der Waals surface area contributed by atoms with Crippen LogP contribution < -0.4 is 5.32 Å². The van der Waals surface area contributed by atoms with Crippen molar-refractivity contribution in [1.29, 1.82) is 0 Å². The Morgan fingerprint density at radius 3 is 2.64 bits per heavy atom. The van der Waals surface area contributed by atoms with Gasteiger partial charge in [0, 0.05) is 24.1 Å². The number of carbonyl (C=O) groups excluding carboxylic acids is 1. The first-order valence-electron chi connectivity index (χ1n) is 6.44. The number of hydrogen-bond acceptors (Lipinski definition) is 5. The molecule has 0 radical (unpaired) electrons. The first kappa shape index (κ1) is 19.4. The fraction of sp³-hybridized carbons (Fsp3) is 0.462. The second-order valence-electron chi connectivity index (χ2n) is 4.80. The van der Waals surface area contributed by atoms with Gasteiger partial charge in [-0.15, -0.1) is 12.4 Å². The Balaban J connectivity index is 0.00000242. The number of halogens is 2. The van der Waals surface area contributed by atoms with Crippen LogP contribution in [0.15, 0.2) is 27.6 Å². The second kappa shape index (κ2) is 7.74. The van der Waals surface area contributed by atoms with Crippen LogP contribution in [0.5, 0.6) is 0 Å². The zero-order valence-electron chi connectivity index (χ0n) is 12.2. The summed E-state index contributed by atoms with van der Waals surface area (Å²) in [6.07, 6.45) is 0.785. The van der Waals surface area contributed by atoms with Gasteiger partial charge in [-0.1, -0.05) is 0 Å². The van der Waals surface area contributed by atoms with Crippen LogP contribution in [0.1, 0.15) is 16.8 Å². The normalized spacial score (nSPS) is 18.1.